The predicted octanol–water partition coefficient (Wildman–Crippen LogP) is 4.67. The van der Waals surface area contributed by atoms with Gasteiger partial charge in [-0.3, -0.25) is 9.97 Å². The summed E-state index contributed by atoms with van der Waals surface area (Å²) in [6, 6.07) is 13.3. The highest BCUT2D eigenvalue weighted by atomic mass is 16.5. The molecule has 0 amide bonds. The van der Waals surface area contributed by atoms with Crippen molar-refractivity contribution in [2.75, 3.05) is 0 Å². The van der Waals surface area contributed by atoms with Gasteiger partial charge in [0.15, 0.2) is 0 Å². The second-order valence-electron chi connectivity index (χ2n) is 8.01. The van der Waals surface area contributed by atoms with Crippen LogP contribution in [0.15, 0.2) is 55.0 Å². The number of hydrogen-bond acceptors (Lipinski definition) is 6. The Balaban J connectivity index is 1.67. The van der Waals surface area contributed by atoms with Crippen molar-refractivity contribution in [1.82, 2.24) is 19.9 Å². The fourth-order valence-electron chi connectivity index (χ4n) is 3.70. The van der Waals surface area contributed by atoms with Crippen molar-refractivity contribution in [3.05, 3.63) is 66.2 Å². The Kier molecular flexibility index (Phi) is 6.28. The number of fused-ring (bicyclic) bond motifs is 1. The first-order valence-electron chi connectivity index (χ1n) is 10.8. The fourth-order valence-corrected chi connectivity index (χ4v) is 3.70. The molecule has 0 bridgehead atoms. The normalized spacial score (nSPS) is 13.1. The van der Waals surface area contributed by atoms with Crippen molar-refractivity contribution in [2.45, 2.75) is 45.8 Å². The van der Waals surface area contributed by atoms with Crippen LogP contribution in [0.5, 0.6) is 0 Å². The molecular weight excluding hydrogens is 402 g/mol. The lowest BCUT2D eigenvalue weighted by Crippen LogP contribution is -2.35. The summed E-state index contributed by atoms with van der Waals surface area (Å²) in [4.78, 5) is 29.5. The smallest absolute Gasteiger partial charge is 0.340 e. The Labute approximate surface area is 187 Å². The standard InChI is InChI=1S/C25H27N5O2/c1-4-6-22(16(3)26)32-25(31)19-12-18-11-17(9-10-20(18)27-13-19)23-24(29-14-28-23)21-8-5-7-15(2)30-21/h5,7-14,16,22H,4,6,26H2,1-3H3,(H,28,29)/t16-,22+/m0/s1. The fraction of sp³-hybridized carbons (Fsp3) is 0.280. The number of aromatic amines is 1. The number of imidazole rings is 1. The highest BCUT2D eigenvalue weighted by molar-refractivity contribution is 5.95. The van der Waals surface area contributed by atoms with Crippen molar-refractivity contribution in [2.24, 2.45) is 5.73 Å². The summed E-state index contributed by atoms with van der Waals surface area (Å²) >= 11 is 0. The van der Waals surface area contributed by atoms with E-state index in [1.807, 2.05) is 57.2 Å². The average molecular weight is 430 g/mol. The van der Waals surface area contributed by atoms with Crippen LogP contribution in [0.3, 0.4) is 0 Å². The summed E-state index contributed by atoms with van der Waals surface area (Å²) in [5.74, 6) is -0.412. The van der Waals surface area contributed by atoms with E-state index in [9.17, 15) is 4.79 Å². The third-order valence-electron chi connectivity index (χ3n) is 5.39. The van der Waals surface area contributed by atoms with Gasteiger partial charge in [-0.2, -0.15) is 0 Å². The van der Waals surface area contributed by atoms with Crippen molar-refractivity contribution >= 4 is 16.9 Å². The quantitative estimate of drug-likeness (QED) is 0.414. The monoisotopic (exact) mass is 429 g/mol. The van der Waals surface area contributed by atoms with Crippen LogP contribution in [-0.2, 0) is 4.74 Å². The number of nitrogens with two attached hydrogens (primary N) is 1. The number of carbonyl (C=O) groups is 1. The number of ether oxygens (including phenoxy) is 1. The Bertz CT molecular complexity index is 1250. The van der Waals surface area contributed by atoms with Gasteiger partial charge in [-0.05, 0) is 50.6 Å². The molecule has 0 aliphatic carbocycles. The number of benzene rings is 1. The van der Waals surface area contributed by atoms with E-state index in [0.717, 1.165) is 52.1 Å². The minimum absolute atomic E-state index is 0.229. The topological polar surface area (TPSA) is 107 Å². The molecule has 3 aromatic heterocycles. The predicted molar refractivity (Wildman–Crippen MR) is 125 cm³/mol. The molecule has 7 heteroatoms. The van der Waals surface area contributed by atoms with E-state index in [1.54, 1.807) is 18.6 Å². The van der Waals surface area contributed by atoms with Crippen LogP contribution < -0.4 is 5.73 Å². The van der Waals surface area contributed by atoms with E-state index in [4.69, 9.17) is 10.5 Å². The number of esters is 1. The molecule has 164 valence electrons. The van der Waals surface area contributed by atoms with Crippen molar-refractivity contribution in [3.8, 4) is 22.6 Å². The Morgan fingerprint density at radius 2 is 2.03 bits per heavy atom. The van der Waals surface area contributed by atoms with Crippen LogP contribution in [0.2, 0.25) is 0 Å². The first-order chi connectivity index (χ1) is 15.5. The van der Waals surface area contributed by atoms with E-state index in [0.29, 0.717) is 5.56 Å². The molecule has 0 radical (unpaired) electrons. The zero-order chi connectivity index (χ0) is 22.7. The van der Waals surface area contributed by atoms with Gasteiger partial charge in [0.1, 0.15) is 6.10 Å². The molecule has 0 aliphatic rings. The highest BCUT2D eigenvalue weighted by Gasteiger charge is 2.20. The molecule has 32 heavy (non-hydrogen) atoms. The van der Waals surface area contributed by atoms with Gasteiger partial charge in [0.25, 0.3) is 0 Å². The molecule has 0 unspecified atom stereocenters. The third-order valence-corrected chi connectivity index (χ3v) is 5.39. The molecule has 0 saturated carbocycles. The van der Waals surface area contributed by atoms with Crippen molar-refractivity contribution in [1.29, 1.82) is 0 Å². The largest absolute Gasteiger partial charge is 0.457 e. The Morgan fingerprint density at radius 1 is 1.19 bits per heavy atom. The first kappa shape index (κ1) is 21.6. The molecule has 3 heterocycles. The summed E-state index contributed by atoms with van der Waals surface area (Å²) in [5.41, 5.74) is 11.5. The van der Waals surface area contributed by atoms with Gasteiger partial charge in [0, 0.05) is 28.9 Å². The molecule has 7 nitrogen and oxygen atoms in total. The number of nitrogens with one attached hydrogen (secondary N) is 1. The number of H-pyrrole nitrogens is 1. The molecule has 0 spiro atoms. The minimum atomic E-state index is -0.412. The number of aryl methyl sites for hydroxylation is 1. The molecule has 0 fully saturated rings. The van der Waals surface area contributed by atoms with Gasteiger partial charge in [0.2, 0.25) is 0 Å². The van der Waals surface area contributed by atoms with Gasteiger partial charge < -0.3 is 15.5 Å². The van der Waals surface area contributed by atoms with Gasteiger partial charge >= 0.3 is 5.97 Å². The first-order valence-corrected chi connectivity index (χ1v) is 10.8. The average Bonchev–Trinajstić information content (AvgIpc) is 3.28. The van der Waals surface area contributed by atoms with Gasteiger partial charge in [-0.15, -0.1) is 0 Å². The van der Waals surface area contributed by atoms with E-state index < -0.39 is 5.97 Å². The Hall–Kier alpha value is -3.58. The SMILES string of the molecule is CCC[C@@H](OC(=O)c1cnc2ccc(-c3nc[nH]c3-c3cccc(C)n3)cc2c1)[C@H](C)N. The van der Waals surface area contributed by atoms with Crippen molar-refractivity contribution < 1.29 is 9.53 Å². The highest BCUT2D eigenvalue weighted by Crippen LogP contribution is 2.30. The summed E-state index contributed by atoms with van der Waals surface area (Å²) in [7, 11) is 0. The summed E-state index contributed by atoms with van der Waals surface area (Å²) in [6.07, 6.45) is 4.50. The molecule has 4 aromatic rings. The number of pyridine rings is 2. The molecule has 4 rings (SSSR count). The lowest BCUT2D eigenvalue weighted by molar-refractivity contribution is 0.0228. The lowest BCUT2D eigenvalue weighted by atomic mass is 10.0. The van der Waals surface area contributed by atoms with Crippen LogP contribution in [0.1, 0.15) is 42.7 Å². The van der Waals surface area contributed by atoms with Crippen LogP contribution in [-0.4, -0.2) is 38.1 Å². The number of carbonyl (C=O) groups excluding carboxylic acids is 1. The lowest BCUT2D eigenvalue weighted by Gasteiger charge is -2.20. The maximum Gasteiger partial charge on any atom is 0.340 e. The van der Waals surface area contributed by atoms with Crippen LogP contribution in [0.4, 0.5) is 0 Å². The van der Waals surface area contributed by atoms with Crippen LogP contribution >= 0.6 is 0 Å². The number of nitrogens with zero attached hydrogens (tertiary/aromatic N) is 3. The van der Waals surface area contributed by atoms with E-state index in [1.165, 1.54) is 0 Å². The zero-order valence-electron chi connectivity index (χ0n) is 18.5. The number of aromatic nitrogens is 4. The molecular formula is C25H27N5O2. The summed E-state index contributed by atoms with van der Waals surface area (Å²) in [6.45, 7) is 5.85. The molecule has 3 N–H and O–H groups in total. The summed E-state index contributed by atoms with van der Waals surface area (Å²) < 4.78 is 5.65. The molecule has 0 saturated heterocycles. The van der Waals surface area contributed by atoms with Crippen LogP contribution in [0.25, 0.3) is 33.5 Å². The van der Waals surface area contributed by atoms with Crippen LogP contribution in [0, 0.1) is 6.92 Å². The van der Waals surface area contributed by atoms with E-state index in [-0.39, 0.29) is 12.1 Å². The minimum Gasteiger partial charge on any atom is -0.457 e. The van der Waals surface area contributed by atoms with E-state index >= 15 is 0 Å². The molecule has 1 aromatic carbocycles. The second kappa shape index (κ2) is 9.28. The maximum absolute atomic E-state index is 12.7. The van der Waals surface area contributed by atoms with Gasteiger partial charge in [-0.1, -0.05) is 25.5 Å². The zero-order valence-corrected chi connectivity index (χ0v) is 18.5. The number of rotatable bonds is 7. The van der Waals surface area contributed by atoms with Gasteiger partial charge in [0.05, 0.1) is 34.5 Å². The van der Waals surface area contributed by atoms with E-state index in [2.05, 4.69) is 19.9 Å². The third kappa shape index (κ3) is 4.53. The number of hydrogen-bond donors (Lipinski definition) is 2. The maximum atomic E-state index is 12.7. The second-order valence-corrected chi connectivity index (χ2v) is 8.01. The molecule has 2 atom stereocenters. The Morgan fingerprint density at radius 3 is 2.78 bits per heavy atom. The molecule has 0 aliphatic heterocycles. The van der Waals surface area contributed by atoms with Crippen molar-refractivity contribution in [3.63, 3.8) is 0 Å². The summed E-state index contributed by atoms with van der Waals surface area (Å²) in [5, 5.41) is 0.830. The van der Waals surface area contributed by atoms with Gasteiger partial charge in [-0.25, -0.2) is 9.78 Å².